The molecule has 2 heterocycles. The molecule has 1 N–H and O–H groups in total. The summed E-state index contributed by atoms with van der Waals surface area (Å²) < 4.78 is 10.7. The van der Waals surface area contributed by atoms with Crippen LogP contribution in [0, 0.1) is 0 Å². The van der Waals surface area contributed by atoms with E-state index in [1.807, 2.05) is 42.2 Å². The number of thioether (sulfide) groups is 1. The van der Waals surface area contributed by atoms with Crippen LogP contribution in [-0.4, -0.2) is 46.7 Å². The molecular weight excluding hydrogens is 350 g/mol. The van der Waals surface area contributed by atoms with E-state index in [0.717, 1.165) is 16.3 Å². The normalized spacial score (nSPS) is 21.2. The molecule has 7 heteroatoms. The zero-order valence-electron chi connectivity index (χ0n) is 15.2. The van der Waals surface area contributed by atoms with Crippen LogP contribution in [0.4, 0.5) is 0 Å². The second kappa shape index (κ2) is 7.97. The predicted molar refractivity (Wildman–Crippen MR) is 104 cm³/mol. The molecule has 1 aromatic heterocycles. The summed E-state index contributed by atoms with van der Waals surface area (Å²) in [6.07, 6.45) is 3.52. The molecule has 1 aliphatic rings. The van der Waals surface area contributed by atoms with Gasteiger partial charge in [-0.25, -0.2) is 0 Å². The quantitative estimate of drug-likeness (QED) is 0.840. The Morgan fingerprint density at radius 3 is 2.58 bits per heavy atom. The highest BCUT2D eigenvalue weighted by Gasteiger charge is 2.44. The Labute approximate surface area is 157 Å². The van der Waals surface area contributed by atoms with Gasteiger partial charge in [-0.1, -0.05) is 17.8 Å². The minimum absolute atomic E-state index is 0.505. The number of hydrogen-bond donors (Lipinski definition) is 1. The molecule has 0 aliphatic carbocycles. The number of aromatic nitrogens is 1. The van der Waals surface area contributed by atoms with Gasteiger partial charge in [0.25, 0.3) is 0 Å². The number of ether oxygens (including phenoxy) is 2. The van der Waals surface area contributed by atoms with Crippen LogP contribution in [0.1, 0.15) is 18.1 Å². The Morgan fingerprint density at radius 1 is 1.19 bits per heavy atom. The van der Waals surface area contributed by atoms with Crippen molar-refractivity contribution < 1.29 is 14.6 Å². The van der Waals surface area contributed by atoms with Crippen LogP contribution in [0.5, 0.6) is 11.5 Å². The van der Waals surface area contributed by atoms with E-state index in [1.165, 1.54) is 0 Å². The van der Waals surface area contributed by atoms with Gasteiger partial charge in [-0.3, -0.25) is 9.98 Å². The number of pyridine rings is 1. The summed E-state index contributed by atoms with van der Waals surface area (Å²) in [4.78, 5) is 10.7. The number of nitrogens with zero attached hydrogens (tertiary/aromatic N) is 3. The van der Waals surface area contributed by atoms with Gasteiger partial charge < -0.3 is 19.5 Å². The van der Waals surface area contributed by atoms with Crippen molar-refractivity contribution >= 4 is 16.9 Å². The van der Waals surface area contributed by atoms with Crippen LogP contribution in [0.2, 0.25) is 0 Å². The molecule has 0 bridgehead atoms. The third-order valence-corrected chi connectivity index (χ3v) is 5.54. The fourth-order valence-corrected chi connectivity index (χ4v) is 4.22. The van der Waals surface area contributed by atoms with Gasteiger partial charge in [-0.15, -0.1) is 0 Å². The van der Waals surface area contributed by atoms with E-state index < -0.39 is 5.72 Å². The van der Waals surface area contributed by atoms with E-state index in [9.17, 15) is 5.11 Å². The summed E-state index contributed by atoms with van der Waals surface area (Å²) in [6, 6.07) is 9.40. The molecule has 6 nitrogen and oxygen atoms in total. The zero-order chi connectivity index (χ0) is 18.6. The molecule has 0 spiro atoms. The van der Waals surface area contributed by atoms with E-state index in [2.05, 4.69) is 4.98 Å². The molecule has 26 heavy (non-hydrogen) atoms. The highest BCUT2D eigenvalue weighted by molar-refractivity contribution is 8.14. The number of aliphatic imine (C=N–C) groups is 1. The lowest BCUT2D eigenvalue weighted by Crippen LogP contribution is -2.44. The maximum atomic E-state index is 11.4. The summed E-state index contributed by atoms with van der Waals surface area (Å²) in [6.45, 7) is 3.22. The highest BCUT2D eigenvalue weighted by Crippen LogP contribution is 2.41. The molecule has 1 saturated heterocycles. The second-order valence-electron chi connectivity index (χ2n) is 5.87. The molecule has 1 aliphatic heterocycles. The van der Waals surface area contributed by atoms with Crippen LogP contribution < -0.4 is 9.47 Å². The first-order valence-electron chi connectivity index (χ1n) is 8.41. The molecule has 1 fully saturated rings. The van der Waals surface area contributed by atoms with Crippen molar-refractivity contribution in [1.82, 2.24) is 9.88 Å². The van der Waals surface area contributed by atoms with Gasteiger partial charge in [-0.2, -0.15) is 0 Å². The minimum Gasteiger partial charge on any atom is -0.493 e. The van der Waals surface area contributed by atoms with E-state index in [0.29, 0.717) is 30.3 Å². The average Bonchev–Trinajstić information content (AvgIpc) is 3.03. The number of aliphatic hydroxyl groups is 1. The van der Waals surface area contributed by atoms with Gasteiger partial charge in [0.1, 0.15) is 0 Å². The van der Waals surface area contributed by atoms with E-state index >= 15 is 0 Å². The zero-order valence-corrected chi connectivity index (χ0v) is 16.0. The molecule has 1 unspecified atom stereocenters. The number of methoxy groups -OCH3 is 2. The first-order valence-corrected chi connectivity index (χ1v) is 9.39. The summed E-state index contributed by atoms with van der Waals surface area (Å²) in [7, 11) is 3.19. The fraction of sp³-hybridized carbons (Fsp3) is 0.368. The third kappa shape index (κ3) is 3.50. The van der Waals surface area contributed by atoms with Crippen LogP contribution >= 0.6 is 11.8 Å². The van der Waals surface area contributed by atoms with Crippen molar-refractivity contribution in [3.8, 4) is 11.5 Å². The smallest absolute Gasteiger partial charge is 0.175 e. The molecule has 3 rings (SSSR count). The molecular formula is C19H23N3O3S. The summed E-state index contributed by atoms with van der Waals surface area (Å²) >= 11 is 1.56. The van der Waals surface area contributed by atoms with Gasteiger partial charge in [0.15, 0.2) is 22.4 Å². The van der Waals surface area contributed by atoms with Gasteiger partial charge in [-0.05, 0) is 36.8 Å². The predicted octanol–water partition coefficient (Wildman–Crippen LogP) is 2.87. The van der Waals surface area contributed by atoms with Gasteiger partial charge in [0.2, 0.25) is 0 Å². The second-order valence-corrected chi connectivity index (χ2v) is 6.82. The molecule has 0 amide bonds. The van der Waals surface area contributed by atoms with Crippen molar-refractivity contribution in [2.45, 2.75) is 19.2 Å². The molecule has 0 radical (unpaired) electrons. The summed E-state index contributed by atoms with van der Waals surface area (Å²) in [5, 5.41) is 12.2. The molecule has 1 atom stereocenters. The standard InChI is InChI=1S/C19H23N3O3S/c1-4-22-18(21-12-14-7-9-20-10-8-14)26-13-19(22,23)15-5-6-16(24-2)17(11-15)25-3/h5-11,23H,4,12-13H2,1-3H3. The number of rotatable bonds is 6. The summed E-state index contributed by atoms with van der Waals surface area (Å²) in [5.41, 5.74) is 0.722. The number of hydrogen-bond acceptors (Lipinski definition) is 6. The topological polar surface area (TPSA) is 67.2 Å². The van der Waals surface area contributed by atoms with Crippen molar-refractivity contribution in [1.29, 1.82) is 0 Å². The maximum Gasteiger partial charge on any atom is 0.175 e. The largest absolute Gasteiger partial charge is 0.493 e. The lowest BCUT2D eigenvalue weighted by molar-refractivity contribution is -0.0455. The van der Waals surface area contributed by atoms with Crippen molar-refractivity contribution in [2.24, 2.45) is 4.99 Å². The third-order valence-electron chi connectivity index (χ3n) is 4.39. The van der Waals surface area contributed by atoms with E-state index in [1.54, 1.807) is 38.4 Å². The van der Waals surface area contributed by atoms with Crippen molar-refractivity contribution in [2.75, 3.05) is 26.5 Å². The molecule has 0 saturated carbocycles. The highest BCUT2D eigenvalue weighted by atomic mass is 32.2. The Morgan fingerprint density at radius 2 is 1.92 bits per heavy atom. The van der Waals surface area contributed by atoms with Gasteiger partial charge in [0, 0.05) is 24.5 Å². The van der Waals surface area contributed by atoms with Crippen LogP contribution in [0.25, 0.3) is 0 Å². The fourth-order valence-electron chi connectivity index (χ4n) is 2.98. The lowest BCUT2D eigenvalue weighted by Gasteiger charge is -2.34. The first-order chi connectivity index (χ1) is 12.6. The Balaban J connectivity index is 1.88. The summed E-state index contributed by atoms with van der Waals surface area (Å²) in [5.74, 6) is 1.74. The van der Waals surface area contributed by atoms with Crippen LogP contribution in [0.15, 0.2) is 47.7 Å². The van der Waals surface area contributed by atoms with Gasteiger partial charge in [0.05, 0.1) is 26.5 Å². The van der Waals surface area contributed by atoms with Crippen LogP contribution in [0.3, 0.4) is 0 Å². The lowest BCUT2D eigenvalue weighted by atomic mass is 10.0. The monoisotopic (exact) mass is 373 g/mol. The van der Waals surface area contributed by atoms with E-state index in [-0.39, 0.29) is 0 Å². The molecule has 2 aromatic rings. The van der Waals surface area contributed by atoms with Gasteiger partial charge >= 0.3 is 0 Å². The van der Waals surface area contributed by atoms with Crippen molar-refractivity contribution in [3.05, 3.63) is 53.9 Å². The number of benzene rings is 1. The molecule has 138 valence electrons. The van der Waals surface area contributed by atoms with E-state index in [4.69, 9.17) is 14.5 Å². The Bertz CT molecular complexity index is 785. The van der Waals surface area contributed by atoms with Crippen LogP contribution in [-0.2, 0) is 12.3 Å². The number of amidine groups is 1. The average molecular weight is 373 g/mol. The maximum absolute atomic E-state index is 11.4. The minimum atomic E-state index is -1.13. The molecule has 1 aromatic carbocycles. The Kier molecular flexibility index (Phi) is 5.68. The van der Waals surface area contributed by atoms with Crippen molar-refractivity contribution in [3.63, 3.8) is 0 Å². The SMILES string of the molecule is CCN1C(=NCc2ccncc2)SCC1(O)c1ccc(OC)c(OC)c1. The Hall–Kier alpha value is -2.25. The first kappa shape index (κ1) is 18.5.